The number of amides is 1. The fraction of sp³-hybridized carbons (Fsp3) is 0.786. The van der Waals surface area contributed by atoms with Gasteiger partial charge in [-0.25, -0.2) is 4.98 Å². The molecule has 2 heterocycles. The van der Waals surface area contributed by atoms with Gasteiger partial charge in [-0.2, -0.15) is 5.10 Å². The quantitative estimate of drug-likeness (QED) is 0.835. The molecule has 3 N–H and O–H groups in total. The Balaban J connectivity index is 1.79. The third-order valence-electron chi connectivity index (χ3n) is 5.24. The third-order valence-corrected chi connectivity index (χ3v) is 5.24. The van der Waals surface area contributed by atoms with Crippen LogP contribution in [0.5, 0.6) is 0 Å². The van der Waals surface area contributed by atoms with Crippen molar-refractivity contribution in [2.45, 2.75) is 44.9 Å². The Kier molecular flexibility index (Phi) is 3.29. The van der Waals surface area contributed by atoms with Gasteiger partial charge >= 0.3 is 0 Å². The fourth-order valence-electron chi connectivity index (χ4n) is 3.93. The summed E-state index contributed by atoms with van der Waals surface area (Å²) < 4.78 is 5.84. The predicted molar refractivity (Wildman–Crippen MR) is 76.0 cm³/mol. The molecule has 0 spiro atoms. The number of nitrogens with two attached hydrogens (primary N) is 1. The van der Waals surface area contributed by atoms with E-state index in [1.54, 1.807) is 11.9 Å². The van der Waals surface area contributed by atoms with E-state index in [0.29, 0.717) is 12.4 Å². The van der Waals surface area contributed by atoms with Crippen molar-refractivity contribution in [2.75, 3.05) is 13.7 Å². The Morgan fingerprint density at radius 1 is 1.62 bits per heavy atom. The second-order valence-electron chi connectivity index (χ2n) is 6.72. The van der Waals surface area contributed by atoms with Crippen LogP contribution in [0.3, 0.4) is 0 Å². The molecule has 0 radical (unpaired) electrons. The average molecular weight is 293 g/mol. The topological polar surface area (TPSA) is 97.1 Å². The van der Waals surface area contributed by atoms with Gasteiger partial charge in [-0.15, -0.1) is 0 Å². The summed E-state index contributed by atoms with van der Waals surface area (Å²) in [6.07, 6.45) is 3.44. The smallest absolute Gasteiger partial charge is 0.243 e. The minimum Gasteiger partial charge on any atom is -0.377 e. The maximum absolute atomic E-state index is 12.9. The van der Waals surface area contributed by atoms with Gasteiger partial charge in [0.15, 0.2) is 0 Å². The standard InChI is InChI=1S/C14H23N5O2/c1-13(2)11-9(5-4-6-21-11)14(13,15)12(20)19(3)7-10-16-8-17-18-10/h8-9,11H,4-7,15H2,1-3H3,(H,16,17,18). The molecule has 1 aromatic heterocycles. The van der Waals surface area contributed by atoms with Crippen molar-refractivity contribution in [3.8, 4) is 0 Å². The average Bonchev–Trinajstić information content (AvgIpc) is 2.98. The Morgan fingerprint density at radius 3 is 3.05 bits per heavy atom. The SMILES string of the molecule is CN(Cc1ncn[nH]1)C(=O)C1(N)C2CCCOC2C1(C)C. The van der Waals surface area contributed by atoms with E-state index in [1.165, 1.54) is 6.33 Å². The molecule has 2 aliphatic rings. The minimum absolute atomic E-state index is 0.0457. The van der Waals surface area contributed by atoms with Crippen LogP contribution in [0.25, 0.3) is 0 Å². The molecule has 2 fully saturated rings. The van der Waals surface area contributed by atoms with Crippen LogP contribution in [0.15, 0.2) is 6.33 Å². The van der Waals surface area contributed by atoms with Gasteiger partial charge in [0.05, 0.1) is 12.6 Å². The normalized spacial score (nSPS) is 33.9. The minimum atomic E-state index is -0.868. The zero-order chi connectivity index (χ0) is 15.3. The van der Waals surface area contributed by atoms with Gasteiger partial charge in [0, 0.05) is 25.0 Å². The van der Waals surface area contributed by atoms with Gasteiger partial charge in [-0.3, -0.25) is 9.89 Å². The van der Waals surface area contributed by atoms with Crippen molar-refractivity contribution < 1.29 is 9.53 Å². The molecule has 1 saturated heterocycles. The molecule has 1 amide bonds. The lowest BCUT2D eigenvalue weighted by atomic mass is 9.46. The Morgan fingerprint density at radius 2 is 2.38 bits per heavy atom. The molecule has 1 aliphatic heterocycles. The lowest BCUT2D eigenvalue weighted by molar-refractivity contribution is -0.229. The number of fused-ring (bicyclic) bond motifs is 1. The summed E-state index contributed by atoms with van der Waals surface area (Å²) in [7, 11) is 1.76. The van der Waals surface area contributed by atoms with Crippen molar-refractivity contribution in [3.05, 3.63) is 12.2 Å². The largest absolute Gasteiger partial charge is 0.377 e. The summed E-state index contributed by atoms with van der Waals surface area (Å²) in [5, 5.41) is 6.57. The van der Waals surface area contributed by atoms with Gasteiger partial charge in [0.2, 0.25) is 5.91 Å². The van der Waals surface area contributed by atoms with Gasteiger partial charge in [-0.1, -0.05) is 13.8 Å². The van der Waals surface area contributed by atoms with E-state index < -0.39 is 5.54 Å². The van der Waals surface area contributed by atoms with E-state index in [9.17, 15) is 4.79 Å². The summed E-state index contributed by atoms with van der Waals surface area (Å²) in [4.78, 5) is 18.6. The number of carbonyl (C=O) groups excluding carboxylic acids is 1. The van der Waals surface area contributed by atoms with Crippen LogP contribution in [0.4, 0.5) is 0 Å². The molecule has 7 nitrogen and oxygen atoms in total. The molecule has 3 unspecified atom stereocenters. The number of hydrogen-bond donors (Lipinski definition) is 2. The van der Waals surface area contributed by atoms with Gasteiger partial charge in [0.1, 0.15) is 17.7 Å². The van der Waals surface area contributed by atoms with Crippen molar-refractivity contribution >= 4 is 5.91 Å². The van der Waals surface area contributed by atoms with Crippen LogP contribution in [-0.2, 0) is 16.1 Å². The summed E-state index contributed by atoms with van der Waals surface area (Å²) in [6, 6.07) is 0. The summed E-state index contributed by atoms with van der Waals surface area (Å²) in [5.41, 5.74) is 5.37. The lowest BCUT2D eigenvalue weighted by Gasteiger charge is -2.65. The first-order valence-corrected chi connectivity index (χ1v) is 7.39. The van der Waals surface area contributed by atoms with Crippen LogP contribution < -0.4 is 5.73 Å². The van der Waals surface area contributed by atoms with Crippen molar-refractivity contribution in [2.24, 2.45) is 17.1 Å². The second kappa shape index (κ2) is 4.78. The molecular formula is C14H23N5O2. The van der Waals surface area contributed by atoms with Crippen LogP contribution in [0.1, 0.15) is 32.5 Å². The molecule has 0 bridgehead atoms. The molecular weight excluding hydrogens is 270 g/mol. The highest BCUT2D eigenvalue weighted by atomic mass is 16.5. The number of nitrogens with zero attached hydrogens (tertiary/aromatic N) is 3. The van der Waals surface area contributed by atoms with Crippen molar-refractivity contribution in [1.29, 1.82) is 0 Å². The Bertz CT molecular complexity index is 529. The summed E-state index contributed by atoms with van der Waals surface area (Å²) >= 11 is 0. The van der Waals surface area contributed by atoms with Crippen LogP contribution in [0, 0.1) is 11.3 Å². The van der Waals surface area contributed by atoms with Crippen molar-refractivity contribution in [3.63, 3.8) is 0 Å². The van der Waals surface area contributed by atoms with E-state index >= 15 is 0 Å². The van der Waals surface area contributed by atoms with E-state index in [2.05, 4.69) is 15.2 Å². The number of ether oxygens (including phenoxy) is 1. The van der Waals surface area contributed by atoms with Gasteiger partial charge in [0.25, 0.3) is 0 Å². The molecule has 116 valence electrons. The number of H-pyrrole nitrogens is 1. The monoisotopic (exact) mass is 293 g/mol. The second-order valence-corrected chi connectivity index (χ2v) is 6.72. The highest BCUT2D eigenvalue weighted by Crippen LogP contribution is 2.57. The molecule has 3 rings (SSSR count). The zero-order valence-electron chi connectivity index (χ0n) is 12.8. The first kappa shape index (κ1) is 14.5. The first-order valence-electron chi connectivity index (χ1n) is 7.39. The number of aromatic nitrogens is 3. The zero-order valence-corrected chi connectivity index (χ0v) is 12.8. The van der Waals surface area contributed by atoms with Crippen LogP contribution in [0.2, 0.25) is 0 Å². The third kappa shape index (κ3) is 1.91. The molecule has 7 heteroatoms. The lowest BCUT2D eigenvalue weighted by Crippen LogP contribution is -2.82. The molecule has 21 heavy (non-hydrogen) atoms. The Hall–Kier alpha value is -1.47. The fourth-order valence-corrected chi connectivity index (χ4v) is 3.93. The highest BCUT2D eigenvalue weighted by Gasteiger charge is 2.70. The summed E-state index contributed by atoms with van der Waals surface area (Å²) in [6.45, 7) is 5.20. The predicted octanol–water partition coefficient (Wildman–Crippen LogP) is 0.296. The first-order chi connectivity index (χ1) is 9.89. The van der Waals surface area contributed by atoms with Crippen LogP contribution in [-0.4, -0.2) is 51.3 Å². The molecule has 3 atom stereocenters. The maximum atomic E-state index is 12.9. The number of likely N-dealkylation sites (N-methyl/N-ethyl adjacent to an activating group) is 1. The number of carbonyl (C=O) groups is 1. The van der Waals surface area contributed by atoms with E-state index in [-0.39, 0.29) is 23.3 Å². The van der Waals surface area contributed by atoms with Gasteiger partial charge < -0.3 is 15.4 Å². The number of rotatable bonds is 3. The Labute approximate surface area is 124 Å². The maximum Gasteiger partial charge on any atom is 0.243 e. The number of hydrogen-bond acceptors (Lipinski definition) is 5. The van der Waals surface area contributed by atoms with E-state index in [4.69, 9.17) is 10.5 Å². The molecule has 1 saturated carbocycles. The molecule has 1 aliphatic carbocycles. The van der Waals surface area contributed by atoms with Crippen LogP contribution >= 0.6 is 0 Å². The summed E-state index contributed by atoms with van der Waals surface area (Å²) in [5.74, 6) is 0.713. The van der Waals surface area contributed by atoms with E-state index in [1.807, 2.05) is 13.8 Å². The van der Waals surface area contributed by atoms with E-state index in [0.717, 1.165) is 19.4 Å². The van der Waals surface area contributed by atoms with Crippen molar-refractivity contribution in [1.82, 2.24) is 20.1 Å². The molecule has 0 aromatic carbocycles. The number of aromatic amines is 1. The highest BCUT2D eigenvalue weighted by molar-refractivity contribution is 5.89. The number of nitrogens with one attached hydrogen (secondary N) is 1. The van der Waals surface area contributed by atoms with Gasteiger partial charge in [-0.05, 0) is 12.8 Å². The molecule has 1 aromatic rings.